The third-order valence-electron chi connectivity index (χ3n) is 6.26. The van der Waals surface area contributed by atoms with E-state index >= 15 is 0 Å². The highest BCUT2D eigenvalue weighted by molar-refractivity contribution is 6.30. The van der Waals surface area contributed by atoms with Gasteiger partial charge in [-0.25, -0.2) is 9.69 Å². The first kappa shape index (κ1) is 26.0. The van der Waals surface area contributed by atoms with Gasteiger partial charge in [0.2, 0.25) is 0 Å². The molecule has 1 aliphatic heterocycles. The van der Waals surface area contributed by atoms with Gasteiger partial charge in [-0.3, -0.25) is 9.59 Å². The van der Waals surface area contributed by atoms with Gasteiger partial charge in [-0.05, 0) is 47.9 Å². The van der Waals surface area contributed by atoms with Crippen molar-refractivity contribution in [2.24, 2.45) is 0 Å². The van der Waals surface area contributed by atoms with Crippen molar-refractivity contribution in [3.05, 3.63) is 94.5 Å². The number of hydrogen-bond donors (Lipinski definition) is 1. The Morgan fingerprint density at radius 2 is 1.65 bits per heavy atom. The van der Waals surface area contributed by atoms with E-state index in [-0.39, 0.29) is 13.0 Å². The van der Waals surface area contributed by atoms with Crippen LogP contribution in [0.1, 0.15) is 29.7 Å². The van der Waals surface area contributed by atoms with Gasteiger partial charge < -0.3 is 19.5 Å². The predicted molar refractivity (Wildman–Crippen MR) is 137 cm³/mol. The Kier molecular flexibility index (Phi) is 7.69. The summed E-state index contributed by atoms with van der Waals surface area (Å²) in [5.74, 6) is -0.392. The lowest BCUT2D eigenvalue weighted by Gasteiger charge is -2.26. The van der Waals surface area contributed by atoms with Gasteiger partial charge in [0.05, 0.1) is 20.3 Å². The second kappa shape index (κ2) is 10.9. The number of hydrogen-bond acceptors (Lipinski definition) is 6. The zero-order valence-electron chi connectivity index (χ0n) is 20.7. The Labute approximate surface area is 220 Å². The predicted octanol–water partition coefficient (Wildman–Crippen LogP) is 4.69. The van der Waals surface area contributed by atoms with Crippen molar-refractivity contribution >= 4 is 29.5 Å². The Balaban J connectivity index is 1.66. The topological polar surface area (TPSA) is 94.2 Å². The van der Waals surface area contributed by atoms with Crippen LogP contribution in [-0.2, 0) is 27.3 Å². The summed E-state index contributed by atoms with van der Waals surface area (Å²) in [6.07, 6.45) is -1.06. The molecule has 4 rings (SSSR count). The van der Waals surface area contributed by atoms with Crippen LogP contribution in [0.25, 0.3) is 0 Å². The summed E-state index contributed by atoms with van der Waals surface area (Å²) in [7, 11) is 3.05. The van der Waals surface area contributed by atoms with Crippen molar-refractivity contribution in [2.45, 2.75) is 31.5 Å². The van der Waals surface area contributed by atoms with Crippen molar-refractivity contribution in [1.29, 1.82) is 0 Å². The van der Waals surface area contributed by atoms with E-state index in [1.165, 1.54) is 14.2 Å². The number of amides is 3. The van der Waals surface area contributed by atoms with Crippen LogP contribution in [0.3, 0.4) is 0 Å². The first-order valence-electron chi connectivity index (χ1n) is 11.6. The molecule has 1 saturated heterocycles. The lowest BCUT2D eigenvalue weighted by atomic mass is 9.91. The number of carbonyl (C=O) groups is 3. The van der Waals surface area contributed by atoms with E-state index in [1.54, 1.807) is 61.5 Å². The highest BCUT2D eigenvalue weighted by atomic mass is 35.5. The molecule has 0 unspecified atom stereocenters. The molecular weight excluding hydrogens is 496 g/mol. The second-order valence-corrected chi connectivity index (χ2v) is 9.10. The van der Waals surface area contributed by atoms with E-state index in [2.05, 4.69) is 5.32 Å². The lowest BCUT2D eigenvalue weighted by molar-refractivity contribution is -0.150. The van der Waals surface area contributed by atoms with Crippen LogP contribution in [0.2, 0.25) is 5.02 Å². The second-order valence-electron chi connectivity index (χ2n) is 8.67. The quantitative estimate of drug-likeness (QED) is 0.410. The smallest absolute Gasteiger partial charge is 0.418 e. The van der Waals surface area contributed by atoms with Crippen LogP contribution in [-0.4, -0.2) is 42.6 Å². The normalized spacial score (nSPS) is 17.8. The van der Waals surface area contributed by atoms with Gasteiger partial charge in [0.25, 0.3) is 17.4 Å². The first-order valence-corrected chi connectivity index (χ1v) is 12.0. The van der Waals surface area contributed by atoms with Gasteiger partial charge in [-0.15, -0.1) is 0 Å². The molecule has 3 aromatic carbocycles. The average Bonchev–Trinajstić information content (AvgIpc) is 3.16. The molecule has 0 bridgehead atoms. The molecule has 9 heteroatoms. The summed E-state index contributed by atoms with van der Waals surface area (Å²) in [6.45, 7) is 1.76. The Morgan fingerprint density at radius 1 is 0.973 bits per heavy atom. The number of nitrogens with one attached hydrogen (secondary N) is 1. The van der Waals surface area contributed by atoms with Gasteiger partial charge in [-0.1, -0.05) is 54.1 Å². The van der Waals surface area contributed by atoms with E-state index in [0.717, 1.165) is 10.5 Å². The fourth-order valence-electron chi connectivity index (χ4n) is 4.30. The number of imide groups is 1. The van der Waals surface area contributed by atoms with E-state index in [0.29, 0.717) is 27.6 Å². The third kappa shape index (κ3) is 5.39. The van der Waals surface area contributed by atoms with Crippen LogP contribution in [0.4, 0.5) is 4.79 Å². The number of methoxy groups -OCH3 is 2. The Bertz CT molecular complexity index is 1290. The molecule has 2 atom stereocenters. The SMILES string of the molecule is COc1cc(CNC(=O)[C@]2(Cc3cccc(Cl)c3)OC(=O)N([C@H](C)c3ccccc3)C2=O)cc(OC)c1. The fraction of sp³-hybridized carbons (Fsp3) is 0.250. The summed E-state index contributed by atoms with van der Waals surface area (Å²) in [4.78, 5) is 41.6. The summed E-state index contributed by atoms with van der Waals surface area (Å²) in [5, 5.41) is 3.19. The Morgan fingerprint density at radius 3 is 2.27 bits per heavy atom. The first-order chi connectivity index (χ1) is 17.8. The molecule has 0 saturated carbocycles. The molecule has 0 aliphatic carbocycles. The molecule has 8 nitrogen and oxygen atoms in total. The number of cyclic esters (lactones) is 1. The fourth-order valence-corrected chi connectivity index (χ4v) is 4.51. The minimum atomic E-state index is -2.10. The van der Waals surface area contributed by atoms with Crippen LogP contribution in [0.5, 0.6) is 11.5 Å². The summed E-state index contributed by atoms with van der Waals surface area (Å²) >= 11 is 6.15. The van der Waals surface area contributed by atoms with E-state index < -0.39 is 29.6 Å². The highest BCUT2D eigenvalue weighted by Crippen LogP contribution is 2.35. The molecule has 3 amide bonds. The molecule has 1 heterocycles. The van der Waals surface area contributed by atoms with Gasteiger partial charge >= 0.3 is 6.09 Å². The largest absolute Gasteiger partial charge is 0.497 e. The van der Waals surface area contributed by atoms with Gasteiger partial charge in [-0.2, -0.15) is 0 Å². The summed E-state index contributed by atoms with van der Waals surface area (Å²) in [5.41, 5.74) is -0.127. The molecule has 192 valence electrons. The maximum atomic E-state index is 13.8. The van der Waals surface area contributed by atoms with Gasteiger partial charge in [0.1, 0.15) is 11.5 Å². The molecule has 1 N–H and O–H groups in total. The molecule has 0 aromatic heterocycles. The minimum Gasteiger partial charge on any atom is -0.497 e. The standard InChI is InChI=1S/C28H27ClN2O6/c1-18(21-9-5-4-6-10-21)31-26(33)28(37-27(31)34,16-19-8-7-11-22(29)12-19)25(32)30-17-20-13-23(35-2)15-24(14-20)36-3/h4-15,18H,16-17H2,1-3H3,(H,30,32)/t18-,28+/m1/s1. The minimum absolute atomic E-state index is 0.0444. The monoisotopic (exact) mass is 522 g/mol. The van der Waals surface area contributed by atoms with Crippen LogP contribution < -0.4 is 14.8 Å². The number of nitrogens with zero attached hydrogens (tertiary/aromatic N) is 1. The van der Waals surface area contributed by atoms with Crippen LogP contribution in [0, 0.1) is 0 Å². The maximum absolute atomic E-state index is 13.8. The van der Waals surface area contributed by atoms with E-state index in [4.69, 9.17) is 25.8 Å². The van der Waals surface area contributed by atoms with Crippen molar-refractivity contribution in [1.82, 2.24) is 10.2 Å². The van der Waals surface area contributed by atoms with Crippen LogP contribution in [0.15, 0.2) is 72.8 Å². The number of carbonyl (C=O) groups excluding carboxylic acids is 3. The average molecular weight is 523 g/mol. The zero-order valence-corrected chi connectivity index (χ0v) is 21.5. The molecule has 0 radical (unpaired) electrons. The number of ether oxygens (including phenoxy) is 3. The lowest BCUT2D eigenvalue weighted by Crippen LogP contribution is -2.55. The van der Waals surface area contributed by atoms with Crippen LogP contribution >= 0.6 is 11.6 Å². The number of benzene rings is 3. The third-order valence-corrected chi connectivity index (χ3v) is 6.50. The molecule has 0 spiro atoms. The van der Waals surface area contributed by atoms with Gasteiger partial charge in [0, 0.05) is 24.1 Å². The highest BCUT2D eigenvalue weighted by Gasteiger charge is 2.60. The summed E-state index contributed by atoms with van der Waals surface area (Å²) in [6, 6.07) is 20.3. The molecule has 37 heavy (non-hydrogen) atoms. The van der Waals surface area contributed by atoms with Gasteiger partial charge in [0.15, 0.2) is 0 Å². The Hall–Kier alpha value is -4.04. The van der Waals surface area contributed by atoms with E-state index in [1.807, 2.05) is 18.2 Å². The summed E-state index contributed by atoms with van der Waals surface area (Å²) < 4.78 is 16.2. The zero-order chi connectivity index (χ0) is 26.6. The number of rotatable bonds is 9. The van der Waals surface area contributed by atoms with Crippen molar-refractivity contribution in [3.8, 4) is 11.5 Å². The number of halogens is 1. The molecule has 1 aliphatic rings. The molecule has 1 fully saturated rings. The molecular formula is C28H27ClN2O6. The van der Waals surface area contributed by atoms with Crippen molar-refractivity contribution in [3.63, 3.8) is 0 Å². The van der Waals surface area contributed by atoms with Crippen molar-refractivity contribution in [2.75, 3.05) is 14.2 Å². The maximum Gasteiger partial charge on any atom is 0.418 e. The molecule has 3 aromatic rings. The van der Waals surface area contributed by atoms with Crippen molar-refractivity contribution < 1.29 is 28.6 Å². The van der Waals surface area contributed by atoms with E-state index in [9.17, 15) is 14.4 Å².